The number of nitrogens with zero attached hydrogens (tertiary/aromatic N) is 3. The average molecular weight is 382 g/mol. The molecule has 152 valence electrons. The van der Waals surface area contributed by atoms with Gasteiger partial charge in [0.25, 0.3) is 0 Å². The Bertz CT molecular complexity index is 785. The van der Waals surface area contributed by atoms with Crippen LogP contribution in [0.3, 0.4) is 0 Å². The average Bonchev–Trinajstić information content (AvgIpc) is 2.68. The number of benzene rings is 1. The number of piperidine rings is 1. The first-order valence-corrected chi connectivity index (χ1v) is 10.6. The Morgan fingerprint density at radius 3 is 2.25 bits per heavy atom. The third-order valence-electron chi connectivity index (χ3n) is 6.18. The molecule has 1 aliphatic rings. The Hall–Kier alpha value is -1.94. The van der Waals surface area contributed by atoms with Crippen LogP contribution in [-0.4, -0.2) is 28.2 Å². The van der Waals surface area contributed by atoms with E-state index in [0.29, 0.717) is 0 Å². The lowest BCUT2D eigenvalue weighted by atomic mass is 9.87. The number of hydrogen-bond acceptors (Lipinski definition) is 4. The third kappa shape index (κ3) is 4.91. The van der Waals surface area contributed by atoms with E-state index in [2.05, 4.69) is 59.9 Å². The maximum Gasteiger partial charge on any atom is 0.128 e. The van der Waals surface area contributed by atoms with Gasteiger partial charge in [-0.3, -0.25) is 0 Å². The second kappa shape index (κ2) is 8.60. The van der Waals surface area contributed by atoms with Gasteiger partial charge in [0, 0.05) is 30.9 Å². The van der Waals surface area contributed by atoms with Gasteiger partial charge in [-0.25, -0.2) is 9.97 Å². The maximum atomic E-state index is 9.49. The van der Waals surface area contributed by atoms with E-state index in [-0.39, 0.29) is 12.0 Å². The molecule has 0 aliphatic carbocycles. The molecule has 28 heavy (non-hydrogen) atoms. The molecule has 1 fully saturated rings. The minimum atomic E-state index is -0.00537. The summed E-state index contributed by atoms with van der Waals surface area (Å²) in [4.78, 5) is 11.7. The molecule has 0 atom stereocenters. The smallest absolute Gasteiger partial charge is 0.128 e. The number of aryl methyl sites for hydroxylation is 2. The van der Waals surface area contributed by atoms with Crippen LogP contribution in [0.1, 0.15) is 68.4 Å². The third-order valence-corrected chi connectivity index (χ3v) is 6.18. The Labute approximate surface area is 170 Å². The van der Waals surface area contributed by atoms with Gasteiger partial charge in [0.05, 0.1) is 12.3 Å². The van der Waals surface area contributed by atoms with E-state index in [1.165, 1.54) is 24.1 Å². The predicted octanol–water partition coefficient (Wildman–Crippen LogP) is 4.73. The molecule has 0 saturated carbocycles. The minimum Gasteiger partial charge on any atom is -0.390 e. The van der Waals surface area contributed by atoms with Crippen molar-refractivity contribution < 1.29 is 5.11 Å². The Morgan fingerprint density at radius 2 is 1.68 bits per heavy atom. The molecule has 1 aromatic heterocycles. The van der Waals surface area contributed by atoms with Gasteiger partial charge in [-0.2, -0.15) is 0 Å². The van der Waals surface area contributed by atoms with Crippen molar-refractivity contribution in [1.82, 2.24) is 9.97 Å². The molecule has 2 heterocycles. The summed E-state index contributed by atoms with van der Waals surface area (Å²) in [5.74, 6) is 1.61. The van der Waals surface area contributed by atoms with E-state index < -0.39 is 0 Å². The Balaban J connectivity index is 1.53. The van der Waals surface area contributed by atoms with Crippen molar-refractivity contribution in [3.8, 4) is 0 Å². The largest absolute Gasteiger partial charge is 0.390 e. The van der Waals surface area contributed by atoms with Crippen molar-refractivity contribution in [2.24, 2.45) is 5.92 Å². The number of aromatic nitrogens is 2. The van der Waals surface area contributed by atoms with Crippen LogP contribution in [0.25, 0.3) is 0 Å². The SMILES string of the molecule is Cc1nc(CCC2CCN(c3ccc(C(C)(C)C)cc3)CC2)nc(CO)c1C. The van der Waals surface area contributed by atoms with Gasteiger partial charge < -0.3 is 10.0 Å². The second-order valence-corrected chi connectivity index (χ2v) is 9.22. The molecular weight excluding hydrogens is 346 g/mol. The fourth-order valence-corrected chi connectivity index (χ4v) is 4.00. The lowest BCUT2D eigenvalue weighted by molar-refractivity contribution is 0.275. The lowest BCUT2D eigenvalue weighted by Crippen LogP contribution is -2.33. The Kier molecular flexibility index (Phi) is 6.39. The summed E-state index contributed by atoms with van der Waals surface area (Å²) in [5, 5.41) is 9.49. The van der Waals surface area contributed by atoms with Gasteiger partial charge in [0.2, 0.25) is 0 Å². The number of aliphatic hydroxyl groups excluding tert-OH is 1. The van der Waals surface area contributed by atoms with Gasteiger partial charge in [-0.15, -0.1) is 0 Å². The highest BCUT2D eigenvalue weighted by Gasteiger charge is 2.21. The van der Waals surface area contributed by atoms with Gasteiger partial charge in [-0.1, -0.05) is 32.9 Å². The highest BCUT2D eigenvalue weighted by Crippen LogP contribution is 2.29. The molecular formula is C24H35N3O. The van der Waals surface area contributed by atoms with E-state index in [1.54, 1.807) is 0 Å². The topological polar surface area (TPSA) is 49.2 Å². The van der Waals surface area contributed by atoms with Crippen molar-refractivity contribution >= 4 is 5.69 Å². The summed E-state index contributed by atoms with van der Waals surface area (Å²) >= 11 is 0. The Morgan fingerprint density at radius 1 is 1.04 bits per heavy atom. The molecule has 2 aromatic rings. The van der Waals surface area contributed by atoms with Crippen LogP contribution in [0.4, 0.5) is 5.69 Å². The zero-order valence-corrected chi connectivity index (χ0v) is 18.1. The van der Waals surface area contributed by atoms with Gasteiger partial charge >= 0.3 is 0 Å². The zero-order chi connectivity index (χ0) is 20.3. The van der Waals surface area contributed by atoms with Crippen LogP contribution in [0.15, 0.2) is 24.3 Å². The molecule has 3 rings (SSSR count). The van der Waals surface area contributed by atoms with Crippen LogP contribution >= 0.6 is 0 Å². The molecule has 0 radical (unpaired) electrons. The van der Waals surface area contributed by atoms with E-state index in [1.807, 2.05) is 13.8 Å². The van der Waals surface area contributed by atoms with Crippen LogP contribution < -0.4 is 4.90 Å². The van der Waals surface area contributed by atoms with Crippen LogP contribution in [0, 0.1) is 19.8 Å². The second-order valence-electron chi connectivity index (χ2n) is 9.22. The summed E-state index contributed by atoms with van der Waals surface area (Å²) in [5.41, 5.74) is 5.71. The molecule has 0 amide bonds. The highest BCUT2D eigenvalue weighted by atomic mass is 16.3. The van der Waals surface area contributed by atoms with Gasteiger partial charge in [0.1, 0.15) is 5.82 Å². The van der Waals surface area contributed by atoms with Crippen LogP contribution in [-0.2, 0) is 18.4 Å². The molecule has 1 aromatic carbocycles. The van der Waals surface area contributed by atoms with E-state index >= 15 is 0 Å². The normalized spacial score (nSPS) is 15.9. The molecule has 1 N–H and O–H groups in total. The number of rotatable bonds is 5. The standard InChI is InChI=1S/C24H35N3O/c1-17-18(2)25-23(26-22(17)16-28)11-6-19-12-14-27(15-13-19)21-9-7-20(8-10-21)24(3,4)5/h7-10,19,28H,6,11-16H2,1-5H3. The highest BCUT2D eigenvalue weighted by molar-refractivity contribution is 5.48. The van der Waals surface area contributed by atoms with Crippen molar-refractivity contribution in [2.75, 3.05) is 18.0 Å². The van der Waals surface area contributed by atoms with Crippen molar-refractivity contribution in [2.45, 2.75) is 72.3 Å². The van der Waals surface area contributed by atoms with Crippen molar-refractivity contribution in [3.05, 3.63) is 52.6 Å². The lowest BCUT2D eigenvalue weighted by Gasteiger charge is -2.34. The van der Waals surface area contributed by atoms with E-state index in [9.17, 15) is 5.11 Å². The summed E-state index contributed by atoms with van der Waals surface area (Å²) in [6.45, 7) is 13.0. The monoisotopic (exact) mass is 381 g/mol. The zero-order valence-electron chi connectivity index (χ0n) is 18.1. The van der Waals surface area contributed by atoms with Gasteiger partial charge in [-0.05, 0) is 67.7 Å². The molecule has 0 spiro atoms. The van der Waals surface area contributed by atoms with Crippen LogP contribution in [0.5, 0.6) is 0 Å². The van der Waals surface area contributed by atoms with E-state index in [0.717, 1.165) is 54.6 Å². The molecule has 1 aliphatic heterocycles. The first-order valence-electron chi connectivity index (χ1n) is 10.6. The number of aliphatic hydroxyl groups is 1. The summed E-state index contributed by atoms with van der Waals surface area (Å²) in [6.07, 6.45) is 4.47. The number of anilines is 1. The fourth-order valence-electron chi connectivity index (χ4n) is 4.00. The molecule has 4 heteroatoms. The number of hydrogen-bond donors (Lipinski definition) is 1. The molecule has 0 bridgehead atoms. The summed E-state index contributed by atoms with van der Waals surface area (Å²) in [7, 11) is 0. The molecule has 4 nitrogen and oxygen atoms in total. The van der Waals surface area contributed by atoms with E-state index in [4.69, 9.17) is 0 Å². The van der Waals surface area contributed by atoms with Crippen molar-refractivity contribution in [1.29, 1.82) is 0 Å². The maximum absolute atomic E-state index is 9.49. The molecule has 0 unspecified atom stereocenters. The first kappa shape index (κ1) is 20.8. The molecule has 1 saturated heterocycles. The summed E-state index contributed by atoms with van der Waals surface area (Å²) < 4.78 is 0. The quantitative estimate of drug-likeness (QED) is 0.813. The fraction of sp³-hybridized carbons (Fsp3) is 0.583. The van der Waals surface area contributed by atoms with Crippen LogP contribution in [0.2, 0.25) is 0 Å². The first-order chi connectivity index (χ1) is 13.3. The van der Waals surface area contributed by atoms with Gasteiger partial charge in [0.15, 0.2) is 0 Å². The summed E-state index contributed by atoms with van der Waals surface area (Å²) in [6, 6.07) is 9.11. The van der Waals surface area contributed by atoms with Crippen molar-refractivity contribution in [3.63, 3.8) is 0 Å². The predicted molar refractivity (Wildman–Crippen MR) is 116 cm³/mol. The minimum absolute atomic E-state index is 0.00537.